The summed E-state index contributed by atoms with van der Waals surface area (Å²) < 4.78 is 4.99. The van der Waals surface area contributed by atoms with Crippen LogP contribution in [0, 0.1) is 5.92 Å². The van der Waals surface area contributed by atoms with Crippen LogP contribution >= 0.6 is 0 Å². The van der Waals surface area contributed by atoms with Crippen molar-refractivity contribution in [2.75, 3.05) is 7.11 Å². The van der Waals surface area contributed by atoms with E-state index in [1.54, 1.807) is 13.2 Å². The Balaban J connectivity index is 2.70. The number of hydrogen-bond donors (Lipinski definition) is 1. The molecule has 56 valence electrons. The smallest absolute Gasteiger partial charge is 0.115 e. The molecule has 2 heteroatoms. The van der Waals surface area contributed by atoms with E-state index >= 15 is 0 Å². The molecule has 10 heavy (non-hydrogen) atoms. The summed E-state index contributed by atoms with van der Waals surface area (Å²) in [5.41, 5.74) is 0. The third kappa shape index (κ3) is 1.53. The number of ether oxygens (including phenoxy) is 1. The lowest BCUT2D eigenvalue weighted by Crippen LogP contribution is -2.02. The molecule has 1 N–H and O–H groups in total. The minimum atomic E-state index is 0.315. The van der Waals surface area contributed by atoms with Crippen LogP contribution in [0.3, 0.4) is 0 Å². The van der Waals surface area contributed by atoms with Crippen LogP contribution in [0.25, 0.3) is 0 Å². The summed E-state index contributed by atoms with van der Waals surface area (Å²) >= 11 is 0. The molecule has 0 aromatic heterocycles. The molecule has 1 aliphatic carbocycles. The topological polar surface area (TPSA) is 29.5 Å². The Kier molecular flexibility index (Phi) is 2.00. The zero-order valence-corrected chi connectivity index (χ0v) is 6.29. The van der Waals surface area contributed by atoms with Crippen LogP contribution < -0.4 is 0 Å². The fourth-order valence-electron chi connectivity index (χ4n) is 1.08. The molecule has 2 nitrogen and oxygen atoms in total. The van der Waals surface area contributed by atoms with Gasteiger partial charge in [0.25, 0.3) is 0 Å². The predicted molar refractivity (Wildman–Crippen MR) is 39.6 cm³/mol. The third-order valence-electron chi connectivity index (χ3n) is 1.55. The molecule has 0 bridgehead atoms. The van der Waals surface area contributed by atoms with Gasteiger partial charge in [0.15, 0.2) is 0 Å². The van der Waals surface area contributed by atoms with E-state index in [0.717, 1.165) is 12.2 Å². The second-order valence-corrected chi connectivity index (χ2v) is 2.59. The van der Waals surface area contributed by atoms with E-state index in [4.69, 9.17) is 9.84 Å². The van der Waals surface area contributed by atoms with Gasteiger partial charge >= 0.3 is 0 Å². The average molecular weight is 140 g/mol. The first-order chi connectivity index (χ1) is 4.72. The van der Waals surface area contributed by atoms with Gasteiger partial charge in [0.05, 0.1) is 12.9 Å². The van der Waals surface area contributed by atoms with Gasteiger partial charge in [-0.25, -0.2) is 0 Å². The lowest BCUT2D eigenvalue weighted by atomic mass is 10.0. The van der Waals surface area contributed by atoms with E-state index in [2.05, 4.69) is 0 Å². The summed E-state index contributed by atoms with van der Waals surface area (Å²) in [5.74, 6) is 1.56. The van der Waals surface area contributed by atoms with E-state index in [1.165, 1.54) is 0 Å². The molecule has 1 atom stereocenters. The van der Waals surface area contributed by atoms with Crippen molar-refractivity contribution >= 4 is 0 Å². The van der Waals surface area contributed by atoms with Crippen molar-refractivity contribution in [3.05, 3.63) is 23.7 Å². The molecule has 0 aliphatic heterocycles. The molecule has 0 radical (unpaired) electrons. The molecule has 0 spiro atoms. The largest absolute Gasteiger partial charge is 0.508 e. The first kappa shape index (κ1) is 7.19. The Morgan fingerprint density at radius 2 is 2.40 bits per heavy atom. The van der Waals surface area contributed by atoms with Crippen LogP contribution in [-0.4, -0.2) is 12.2 Å². The molecule has 0 saturated heterocycles. The van der Waals surface area contributed by atoms with Gasteiger partial charge in [0, 0.05) is 12.5 Å². The van der Waals surface area contributed by atoms with Crippen LogP contribution in [0.2, 0.25) is 0 Å². The second-order valence-electron chi connectivity index (χ2n) is 2.59. The van der Waals surface area contributed by atoms with E-state index in [0.29, 0.717) is 11.7 Å². The number of allylic oxidation sites excluding steroid dienone is 3. The normalized spacial score (nSPS) is 25.2. The van der Waals surface area contributed by atoms with Crippen LogP contribution in [0.1, 0.15) is 13.3 Å². The first-order valence-electron chi connectivity index (χ1n) is 3.37. The Morgan fingerprint density at radius 3 is 2.90 bits per heavy atom. The lowest BCUT2D eigenvalue weighted by Gasteiger charge is -2.14. The van der Waals surface area contributed by atoms with Gasteiger partial charge in [0.1, 0.15) is 5.76 Å². The summed E-state index contributed by atoms with van der Waals surface area (Å²) in [6.45, 7) is 2.04. The molecule has 0 saturated carbocycles. The summed E-state index contributed by atoms with van der Waals surface area (Å²) in [5, 5.41) is 9.09. The van der Waals surface area contributed by atoms with E-state index in [9.17, 15) is 0 Å². The number of aliphatic hydroxyl groups is 1. The van der Waals surface area contributed by atoms with E-state index < -0.39 is 0 Å². The standard InChI is InChI=1S/C8H12O2/c1-6-3-7(9)5-8(4-6)10-2/h3,5-6,9H,4H2,1-2H3. The number of aliphatic hydroxyl groups excluding tert-OH is 1. The molecule has 0 heterocycles. The number of hydrogen-bond acceptors (Lipinski definition) is 2. The molecule has 0 aromatic carbocycles. The van der Waals surface area contributed by atoms with Crippen LogP contribution in [0.15, 0.2) is 23.7 Å². The van der Waals surface area contributed by atoms with Gasteiger partial charge < -0.3 is 9.84 Å². The maximum atomic E-state index is 9.09. The zero-order chi connectivity index (χ0) is 7.56. The first-order valence-corrected chi connectivity index (χ1v) is 3.37. The molecule has 0 fully saturated rings. The second kappa shape index (κ2) is 2.78. The number of rotatable bonds is 1. The molecule has 0 amide bonds. The van der Waals surface area contributed by atoms with E-state index in [1.807, 2.05) is 13.0 Å². The van der Waals surface area contributed by atoms with Gasteiger partial charge in [-0.2, -0.15) is 0 Å². The monoisotopic (exact) mass is 140 g/mol. The quantitative estimate of drug-likeness (QED) is 0.603. The van der Waals surface area contributed by atoms with Crippen molar-refractivity contribution in [2.24, 2.45) is 5.92 Å². The van der Waals surface area contributed by atoms with Crippen LogP contribution in [-0.2, 0) is 4.74 Å². The summed E-state index contributed by atoms with van der Waals surface area (Å²) in [6.07, 6.45) is 4.36. The minimum absolute atomic E-state index is 0.315. The van der Waals surface area contributed by atoms with Crippen molar-refractivity contribution < 1.29 is 9.84 Å². The predicted octanol–water partition coefficient (Wildman–Crippen LogP) is 2.00. The van der Waals surface area contributed by atoms with Crippen molar-refractivity contribution in [1.82, 2.24) is 0 Å². The zero-order valence-electron chi connectivity index (χ0n) is 6.29. The Morgan fingerprint density at radius 1 is 1.70 bits per heavy atom. The molecular weight excluding hydrogens is 128 g/mol. The third-order valence-corrected chi connectivity index (χ3v) is 1.55. The Bertz CT molecular complexity index is 180. The maximum absolute atomic E-state index is 9.09. The fourth-order valence-corrected chi connectivity index (χ4v) is 1.08. The van der Waals surface area contributed by atoms with Crippen molar-refractivity contribution in [3.8, 4) is 0 Å². The van der Waals surface area contributed by atoms with Gasteiger partial charge in [0.2, 0.25) is 0 Å². The molecule has 1 aliphatic rings. The Labute approximate surface area is 60.8 Å². The van der Waals surface area contributed by atoms with Crippen molar-refractivity contribution in [1.29, 1.82) is 0 Å². The molecule has 0 aromatic rings. The Hall–Kier alpha value is -0.920. The van der Waals surface area contributed by atoms with Gasteiger partial charge in [-0.15, -0.1) is 0 Å². The fraction of sp³-hybridized carbons (Fsp3) is 0.500. The number of methoxy groups -OCH3 is 1. The summed E-state index contributed by atoms with van der Waals surface area (Å²) in [7, 11) is 1.62. The average Bonchev–Trinajstić information content (AvgIpc) is 1.85. The van der Waals surface area contributed by atoms with Crippen molar-refractivity contribution in [3.63, 3.8) is 0 Å². The minimum Gasteiger partial charge on any atom is -0.508 e. The molecule has 1 unspecified atom stereocenters. The van der Waals surface area contributed by atoms with Gasteiger partial charge in [-0.05, 0) is 12.0 Å². The SMILES string of the molecule is COC1=CC(O)=CC(C)C1. The van der Waals surface area contributed by atoms with Gasteiger partial charge in [-0.1, -0.05) is 6.92 Å². The summed E-state index contributed by atoms with van der Waals surface area (Å²) in [4.78, 5) is 0. The molecular formula is C8H12O2. The van der Waals surface area contributed by atoms with Crippen LogP contribution in [0.4, 0.5) is 0 Å². The van der Waals surface area contributed by atoms with Crippen molar-refractivity contribution in [2.45, 2.75) is 13.3 Å². The van der Waals surface area contributed by atoms with E-state index in [-0.39, 0.29) is 0 Å². The van der Waals surface area contributed by atoms with Crippen LogP contribution in [0.5, 0.6) is 0 Å². The summed E-state index contributed by atoms with van der Waals surface area (Å²) in [6, 6.07) is 0. The highest BCUT2D eigenvalue weighted by Gasteiger charge is 2.10. The molecule has 1 rings (SSSR count). The highest BCUT2D eigenvalue weighted by Crippen LogP contribution is 2.20. The van der Waals surface area contributed by atoms with Gasteiger partial charge in [-0.3, -0.25) is 0 Å². The highest BCUT2D eigenvalue weighted by atomic mass is 16.5. The maximum Gasteiger partial charge on any atom is 0.115 e. The highest BCUT2D eigenvalue weighted by molar-refractivity contribution is 5.20. The lowest BCUT2D eigenvalue weighted by molar-refractivity contribution is 0.259.